The molecule has 2 amide bonds. The number of carboxylic acid groups (broad SMARTS) is 1. The summed E-state index contributed by atoms with van der Waals surface area (Å²) in [4.78, 5) is 22.8. The van der Waals surface area contributed by atoms with Crippen molar-refractivity contribution in [3.63, 3.8) is 0 Å². The van der Waals surface area contributed by atoms with E-state index in [4.69, 9.17) is 10.4 Å². The van der Waals surface area contributed by atoms with Crippen molar-refractivity contribution in [1.29, 1.82) is 5.26 Å². The molecule has 0 spiro atoms. The third kappa shape index (κ3) is 3.71. The lowest BCUT2D eigenvalue weighted by molar-refractivity contribution is -0.143. The molecule has 0 bridgehead atoms. The maximum absolute atomic E-state index is 11.7. The molecule has 0 aliphatic carbocycles. The zero-order chi connectivity index (χ0) is 14.5. The highest BCUT2D eigenvalue weighted by atomic mass is 16.4. The number of urea groups is 1. The molecule has 1 rings (SSSR count). The van der Waals surface area contributed by atoms with Gasteiger partial charge in [-0.2, -0.15) is 5.26 Å². The molecule has 0 aromatic heterocycles. The molecule has 1 unspecified atom stereocenters. The summed E-state index contributed by atoms with van der Waals surface area (Å²) in [6.45, 7) is 3.10. The van der Waals surface area contributed by atoms with Crippen molar-refractivity contribution >= 4 is 17.7 Å². The van der Waals surface area contributed by atoms with Gasteiger partial charge in [-0.05, 0) is 31.5 Å². The third-order valence-corrected chi connectivity index (χ3v) is 2.82. The fourth-order valence-corrected chi connectivity index (χ4v) is 1.37. The summed E-state index contributed by atoms with van der Waals surface area (Å²) in [6.07, 6.45) is 0.258. The van der Waals surface area contributed by atoms with Crippen molar-refractivity contribution in [3.05, 3.63) is 29.8 Å². The minimum atomic E-state index is -1.32. The molecule has 0 fully saturated rings. The molecule has 6 heteroatoms. The van der Waals surface area contributed by atoms with Crippen LogP contribution in [0.5, 0.6) is 0 Å². The Morgan fingerprint density at radius 3 is 2.68 bits per heavy atom. The molecule has 0 aliphatic heterocycles. The van der Waals surface area contributed by atoms with Crippen molar-refractivity contribution in [2.75, 3.05) is 5.32 Å². The van der Waals surface area contributed by atoms with Gasteiger partial charge in [0.1, 0.15) is 5.54 Å². The van der Waals surface area contributed by atoms with Crippen LogP contribution in [0.3, 0.4) is 0 Å². The maximum atomic E-state index is 11.7. The maximum Gasteiger partial charge on any atom is 0.329 e. The number of nitrogens with zero attached hydrogens (tertiary/aromatic N) is 1. The predicted octanol–water partition coefficient (Wildman–Crippen LogP) is 1.93. The van der Waals surface area contributed by atoms with E-state index in [0.717, 1.165) is 0 Å². The average Bonchev–Trinajstić information content (AvgIpc) is 2.38. The molecule has 100 valence electrons. The first-order valence-corrected chi connectivity index (χ1v) is 5.74. The number of nitrogens with one attached hydrogen (secondary N) is 2. The second-order valence-corrected chi connectivity index (χ2v) is 4.26. The zero-order valence-electron chi connectivity index (χ0n) is 10.7. The number of rotatable bonds is 4. The van der Waals surface area contributed by atoms with Crippen molar-refractivity contribution in [2.45, 2.75) is 25.8 Å². The van der Waals surface area contributed by atoms with E-state index in [1.165, 1.54) is 13.0 Å². The van der Waals surface area contributed by atoms with Gasteiger partial charge >= 0.3 is 12.0 Å². The van der Waals surface area contributed by atoms with Gasteiger partial charge in [-0.3, -0.25) is 0 Å². The summed E-state index contributed by atoms with van der Waals surface area (Å²) in [5.41, 5.74) is -0.480. The molecular weight excluding hydrogens is 246 g/mol. The number of amides is 2. The van der Waals surface area contributed by atoms with Crippen LogP contribution < -0.4 is 10.6 Å². The van der Waals surface area contributed by atoms with E-state index < -0.39 is 17.5 Å². The predicted molar refractivity (Wildman–Crippen MR) is 69.6 cm³/mol. The lowest BCUT2D eigenvalue weighted by atomic mass is 10.00. The first-order chi connectivity index (χ1) is 8.91. The smallest absolute Gasteiger partial charge is 0.329 e. The van der Waals surface area contributed by atoms with Gasteiger partial charge in [0.2, 0.25) is 0 Å². The van der Waals surface area contributed by atoms with Crippen molar-refractivity contribution in [2.24, 2.45) is 0 Å². The Bertz CT molecular complexity index is 536. The van der Waals surface area contributed by atoms with E-state index in [1.807, 2.05) is 6.07 Å². The number of carboxylic acids is 1. The first kappa shape index (κ1) is 14.5. The quantitative estimate of drug-likeness (QED) is 0.770. The minimum absolute atomic E-state index is 0.258. The van der Waals surface area contributed by atoms with Crippen LogP contribution in [-0.2, 0) is 4.79 Å². The highest BCUT2D eigenvalue weighted by molar-refractivity contribution is 5.93. The summed E-state index contributed by atoms with van der Waals surface area (Å²) in [5, 5.41) is 22.7. The van der Waals surface area contributed by atoms with Gasteiger partial charge in [-0.15, -0.1) is 0 Å². The SMILES string of the molecule is CCC(C)(NC(=O)Nc1cccc(C#N)c1)C(=O)O. The molecule has 1 aromatic carbocycles. The fourth-order valence-electron chi connectivity index (χ4n) is 1.37. The van der Waals surface area contributed by atoms with Crippen LogP contribution in [0.1, 0.15) is 25.8 Å². The normalized spacial score (nSPS) is 12.9. The van der Waals surface area contributed by atoms with Crippen LogP contribution in [0, 0.1) is 11.3 Å². The van der Waals surface area contributed by atoms with Gasteiger partial charge in [0.15, 0.2) is 0 Å². The Morgan fingerprint density at radius 1 is 1.47 bits per heavy atom. The van der Waals surface area contributed by atoms with E-state index in [0.29, 0.717) is 11.3 Å². The number of carbonyl (C=O) groups is 2. The highest BCUT2D eigenvalue weighted by Gasteiger charge is 2.32. The molecule has 0 aliphatic rings. The molecule has 0 heterocycles. The summed E-state index contributed by atoms with van der Waals surface area (Å²) in [5.74, 6) is -1.10. The zero-order valence-corrected chi connectivity index (χ0v) is 10.7. The van der Waals surface area contributed by atoms with Crippen molar-refractivity contribution in [3.8, 4) is 6.07 Å². The van der Waals surface area contributed by atoms with Gasteiger partial charge in [-0.25, -0.2) is 9.59 Å². The molecule has 3 N–H and O–H groups in total. The number of hydrogen-bond donors (Lipinski definition) is 3. The minimum Gasteiger partial charge on any atom is -0.480 e. The summed E-state index contributed by atoms with van der Waals surface area (Å²) < 4.78 is 0. The lowest BCUT2D eigenvalue weighted by Gasteiger charge is -2.24. The average molecular weight is 261 g/mol. The molecule has 1 aromatic rings. The Morgan fingerprint density at radius 2 is 2.16 bits per heavy atom. The number of anilines is 1. The monoisotopic (exact) mass is 261 g/mol. The van der Waals surface area contributed by atoms with Gasteiger partial charge in [0.05, 0.1) is 11.6 Å². The Labute approximate surface area is 111 Å². The molecule has 0 saturated carbocycles. The molecule has 0 radical (unpaired) electrons. The third-order valence-electron chi connectivity index (χ3n) is 2.82. The Hall–Kier alpha value is -2.55. The van der Waals surface area contributed by atoms with Gasteiger partial charge in [0.25, 0.3) is 0 Å². The summed E-state index contributed by atoms with van der Waals surface area (Å²) in [6, 6.07) is 7.69. The molecule has 19 heavy (non-hydrogen) atoms. The Kier molecular flexibility index (Phi) is 4.48. The largest absolute Gasteiger partial charge is 0.480 e. The Balaban J connectivity index is 2.75. The lowest BCUT2D eigenvalue weighted by Crippen LogP contribution is -2.53. The van der Waals surface area contributed by atoms with Crippen molar-refractivity contribution < 1.29 is 14.7 Å². The number of hydrogen-bond acceptors (Lipinski definition) is 3. The van der Waals surface area contributed by atoms with E-state index >= 15 is 0 Å². The number of nitriles is 1. The number of benzene rings is 1. The van der Waals surface area contributed by atoms with E-state index in [9.17, 15) is 9.59 Å². The highest BCUT2D eigenvalue weighted by Crippen LogP contribution is 2.12. The second-order valence-electron chi connectivity index (χ2n) is 4.26. The first-order valence-electron chi connectivity index (χ1n) is 5.74. The molecule has 0 saturated heterocycles. The van der Waals surface area contributed by atoms with Gasteiger partial charge < -0.3 is 15.7 Å². The van der Waals surface area contributed by atoms with Crippen LogP contribution in [-0.4, -0.2) is 22.6 Å². The second kappa shape index (κ2) is 5.87. The van der Waals surface area contributed by atoms with Crippen LogP contribution >= 0.6 is 0 Å². The van der Waals surface area contributed by atoms with Crippen molar-refractivity contribution in [1.82, 2.24) is 5.32 Å². The van der Waals surface area contributed by atoms with E-state index in [-0.39, 0.29) is 6.42 Å². The summed E-state index contributed by atoms with van der Waals surface area (Å²) in [7, 11) is 0. The van der Waals surface area contributed by atoms with Gasteiger partial charge in [0, 0.05) is 5.69 Å². The molecule has 1 atom stereocenters. The fraction of sp³-hybridized carbons (Fsp3) is 0.308. The van der Waals surface area contributed by atoms with Crippen LogP contribution in [0.4, 0.5) is 10.5 Å². The topological polar surface area (TPSA) is 102 Å². The van der Waals surface area contributed by atoms with E-state index in [1.54, 1.807) is 25.1 Å². The number of carbonyl (C=O) groups excluding carboxylic acids is 1. The van der Waals surface area contributed by atoms with Crippen LogP contribution in [0.2, 0.25) is 0 Å². The van der Waals surface area contributed by atoms with Crippen LogP contribution in [0.15, 0.2) is 24.3 Å². The standard InChI is InChI=1S/C13H15N3O3/c1-3-13(2,11(17)18)16-12(19)15-10-6-4-5-9(7-10)8-14/h4-7H,3H2,1-2H3,(H,17,18)(H2,15,16,19). The molecular formula is C13H15N3O3. The number of aliphatic carboxylic acids is 1. The molecule has 6 nitrogen and oxygen atoms in total. The summed E-state index contributed by atoms with van der Waals surface area (Å²) >= 11 is 0. The van der Waals surface area contributed by atoms with Gasteiger partial charge in [-0.1, -0.05) is 13.0 Å². The van der Waals surface area contributed by atoms with Crippen LogP contribution in [0.25, 0.3) is 0 Å². The van der Waals surface area contributed by atoms with E-state index in [2.05, 4.69) is 10.6 Å².